The summed E-state index contributed by atoms with van der Waals surface area (Å²) in [4.78, 5) is 16.8. The predicted molar refractivity (Wildman–Crippen MR) is 84.3 cm³/mol. The number of ether oxygens (including phenoxy) is 2. The highest BCUT2D eigenvalue weighted by atomic mass is 16.5. The Morgan fingerprint density at radius 1 is 1.09 bits per heavy atom. The molecule has 0 bridgehead atoms. The molecule has 0 aliphatic carbocycles. The summed E-state index contributed by atoms with van der Waals surface area (Å²) in [5, 5.41) is 2.98. The number of methoxy groups -OCH3 is 2. The molecule has 1 amide bonds. The molecule has 0 aliphatic heterocycles. The third-order valence-electron chi connectivity index (χ3n) is 3.38. The minimum Gasteiger partial charge on any atom is -0.493 e. The van der Waals surface area contributed by atoms with E-state index >= 15 is 0 Å². The summed E-state index contributed by atoms with van der Waals surface area (Å²) in [6.45, 7) is 3.82. The first-order valence-electron chi connectivity index (χ1n) is 6.94. The summed E-state index contributed by atoms with van der Waals surface area (Å²) in [6.07, 6.45) is 1.71. The van der Waals surface area contributed by atoms with Gasteiger partial charge < -0.3 is 14.8 Å². The van der Waals surface area contributed by atoms with Crippen LogP contribution in [-0.2, 0) is 5.54 Å². The molecule has 0 saturated carbocycles. The Bertz CT molecular complexity index is 654. The molecular weight excluding hydrogens is 280 g/mol. The smallest absolute Gasteiger partial charge is 0.252 e. The number of rotatable bonds is 5. The van der Waals surface area contributed by atoms with Gasteiger partial charge in [-0.15, -0.1) is 0 Å². The number of nitrogens with one attached hydrogen (secondary N) is 1. The van der Waals surface area contributed by atoms with E-state index in [-0.39, 0.29) is 5.91 Å². The van der Waals surface area contributed by atoms with E-state index in [4.69, 9.17) is 9.47 Å². The molecule has 0 radical (unpaired) electrons. The maximum absolute atomic E-state index is 12.5. The van der Waals surface area contributed by atoms with Crippen LogP contribution in [0.2, 0.25) is 0 Å². The van der Waals surface area contributed by atoms with Gasteiger partial charge in [-0.05, 0) is 44.2 Å². The van der Waals surface area contributed by atoms with Gasteiger partial charge >= 0.3 is 0 Å². The summed E-state index contributed by atoms with van der Waals surface area (Å²) < 4.78 is 10.4. The molecule has 0 fully saturated rings. The minimum atomic E-state index is -0.578. The van der Waals surface area contributed by atoms with E-state index in [9.17, 15) is 4.79 Å². The number of carbonyl (C=O) groups is 1. The number of carbonyl (C=O) groups excluding carboxylic acids is 1. The third-order valence-corrected chi connectivity index (χ3v) is 3.38. The van der Waals surface area contributed by atoms with E-state index in [1.807, 2.05) is 32.0 Å². The molecule has 2 aromatic rings. The van der Waals surface area contributed by atoms with Crippen molar-refractivity contribution >= 4 is 5.91 Å². The quantitative estimate of drug-likeness (QED) is 0.922. The predicted octanol–water partition coefficient (Wildman–Crippen LogP) is 2.76. The number of nitrogens with zero attached hydrogens (tertiary/aromatic N) is 1. The average Bonchev–Trinajstić information content (AvgIpc) is 2.54. The van der Waals surface area contributed by atoms with Crippen molar-refractivity contribution < 1.29 is 14.3 Å². The molecule has 0 aliphatic rings. The Morgan fingerprint density at radius 3 is 2.41 bits per heavy atom. The summed E-state index contributed by atoms with van der Waals surface area (Å²) in [5.41, 5.74) is 0.719. The second kappa shape index (κ2) is 6.47. The van der Waals surface area contributed by atoms with Crippen LogP contribution in [0.4, 0.5) is 0 Å². The second-order valence-electron chi connectivity index (χ2n) is 5.36. The lowest BCUT2D eigenvalue weighted by atomic mass is 9.99. The zero-order valence-corrected chi connectivity index (χ0v) is 13.2. The number of aromatic nitrogens is 1. The van der Waals surface area contributed by atoms with Crippen LogP contribution in [0.25, 0.3) is 0 Å². The zero-order valence-electron chi connectivity index (χ0n) is 13.2. The van der Waals surface area contributed by atoms with Crippen molar-refractivity contribution in [3.8, 4) is 11.5 Å². The van der Waals surface area contributed by atoms with Crippen LogP contribution in [0.1, 0.15) is 29.9 Å². The fourth-order valence-corrected chi connectivity index (χ4v) is 2.13. The maximum Gasteiger partial charge on any atom is 0.252 e. The number of benzene rings is 1. The van der Waals surface area contributed by atoms with E-state index in [1.54, 1.807) is 31.5 Å². The molecule has 0 unspecified atom stereocenters. The fourth-order valence-electron chi connectivity index (χ4n) is 2.13. The molecular formula is C17H20N2O3. The largest absolute Gasteiger partial charge is 0.493 e. The van der Waals surface area contributed by atoms with Crippen LogP contribution in [-0.4, -0.2) is 25.1 Å². The maximum atomic E-state index is 12.5. The molecule has 0 saturated heterocycles. The Hall–Kier alpha value is -2.56. The Kier molecular flexibility index (Phi) is 4.65. The summed E-state index contributed by atoms with van der Waals surface area (Å²) in [5.74, 6) is 0.908. The van der Waals surface area contributed by atoms with Crippen LogP contribution in [0.5, 0.6) is 11.5 Å². The monoisotopic (exact) mass is 300 g/mol. The van der Waals surface area contributed by atoms with E-state index in [0.717, 1.165) is 5.69 Å². The lowest BCUT2D eigenvalue weighted by molar-refractivity contribution is 0.0910. The van der Waals surface area contributed by atoms with Crippen molar-refractivity contribution in [1.29, 1.82) is 0 Å². The lowest BCUT2D eigenvalue weighted by Crippen LogP contribution is -2.41. The molecule has 116 valence electrons. The summed E-state index contributed by atoms with van der Waals surface area (Å²) in [6, 6.07) is 10.7. The summed E-state index contributed by atoms with van der Waals surface area (Å²) >= 11 is 0. The van der Waals surface area contributed by atoms with Gasteiger partial charge in [-0.25, -0.2) is 0 Å². The topological polar surface area (TPSA) is 60.5 Å². The van der Waals surface area contributed by atoms with Gasteiger partial charge in [-0.3, -0.25) is 9.78 Å². The first-order chi connectivity index (χ1) is 10.5. The normalized spacial score (nSPS) is 10.9. The van der Waals surface area contributed by atoms with E-state index < -0.39 is 5.54 Å². The number of hydrogen-bond donors (Lipinski definition) is 1. The SMILES string of the molecule is COc1ccc(C(=O)NC(C)(C)c2ccccn2)cc1OC. The van der Waals surface area contributed by atoms with Crippen molar-refractivity contribution in [2.24, 2.45) is 0 Å². The van der Waals surface area contributed by atoms with Gasteiger partial charge in [0.1, 0.15) is 0 Å². The standard InChI is InChI=1S/C17H20N2O3/c1-17(2,15-7-5-6-10-18-15)19-16(20)12-8-9-13(21-3)14(11-12)22-4/h5-11H,1-4H3,(H,19,20). The highest BCUT2D eigenvalue weighted by molar-refractivity contribution is 5.95. The van der Waals surface area contributed by atoms with Crippen LogP contribution >= 0.6 is 0 Å². The number of pyridine rings is 1. The van der Waals surface area contributed by atoms with Gasteiger partial charge in [-0.2, -0.15) is 0 Å². The summed E-state index contributed by atoms with van der Waals surface area (Å²) in [7, 11) is 3.10. The molecule has 0 spiro atoms. The van der Waals surface area contributed by atoms with E-state index in [2.05, 4.69) is 10.3 Å². The van der Waals surface area contributed by atoms with Crippen LogP contribution in [0.15, 0.2) is 42.6 Å². The van der Waals surface area contributed by atoms with Gasteiger partial charge in [0, 0.05) is 11.8 Å². The second-order valence-corrected chi connectivity index (χ2v) is 5.36. The third kappa shape index (κ3) is 3.36. The highest BCUT2D eigenvalue weighted by Gasteiger charge is 2.25. The molecule has 5 heteroatoms. The van der Waals surface area contributed by atoms with Crippen molar-refractivity contribution in [1.82, 2.24) is 10.3 Å². The van der Waals surface area contributed by atoms with E-state index in [0.29, 0.717) is 17.1 Å². The molecule has 2 rings (SSSR count). The fraction of sp³-hybridized carbons (Fsp3) is 0.294. The molecule has 1 aromatic carbocycles. The van der Waals surface area contributed by atoms with Gasteiger partial charge in [-0.1, -0.05) is 6.07 Å². The molecule has 1 aromatic heterocycles. The molecule has 1 N–H and O–H groups in total. The number of amides is 1. The van der Waals surface area contributed by atoms with Gasteiger partial charge in [0.25, 0.3) is 5.91 Å². The van der Waals surface area contributed by atoms with Crippen molar-refractivity contribution in [2.45, 2.75) is 19.4 Å². The zero-order chi connectivity index (χ0) is 16.2. The molecule has 1 heterocycles. The van der Waals surface area contributed by atoms with Crippen LogP contribution in [0, 0.1) is 0 Å². The first kappa shape index (κ1) is 15.8. The van der Waals surface area contributed by atoms with Crippen LogP contribution in [0.3, 0.4) is 0 Å². The van der Waals surface area contributed by atoms with E-state index in [1.165, 1.54) is 7.11 Å². The van der Waals surface area contributed by atoms with Gasteiger partial charge in [0.05, 0.1) is 25.5 Å². The molecule has 22 heavy (non-hydrogen) atoms. The number of hydrogen-bond acceptors (Lipinski definition) is 4. The van der Waals surface area contributed by atoms with Crippen molar-refractivity contribution in [2.75, 3.05) is 14.2 Å². The first-order valence-corrected chi connectivity index (χ1v) is 6.94. The average molecular weight is 300 g/mol. The minimum absolute atomic E-state index is 0.198. The van der Waals surface area contributed by atoms with Crippen molar-refractivity contribution in [3.63, 3.8) is 0 Å². The lowest BCUT2D eigenvalue weighted by Gasteiger charge is -2.25. The van der Waals surface area contributed by atoms with Gasteiger partial charge in [0.2, 0.25) is 0 Å². The van der Waals surface area contributed by atoms with Crippen molar-refractivity contribution in [3.05, 3.63) is 53.9 Å². The Morgan fingerprint density at radius 2 is 1.82 bits per heavy atom. The highest BCUT2D eigenvalue weighted by Crippen LogP contribution is 2.28. The molecule has 0 atom stereocenters. The Balaban J connectivity index is 2.22. The molecule has 5 nitrogen and oxygen atoms in total. The van der Waals surface area contributed by atoms with Crippen LogP contribution < -0.4 is 14.8 Å². The van der Waals surface area contributed by atoms with Gasteiger partial charge in [0.15, 0.2) is 11.5 Å². The Labute approximate surface area is 130 Å².